The van der Waals surface area contributed by atoms with Gasteiger partial charge in [-0.05, 0) is 6.42 Å². The number of hydrogen-bond acceptors (Lipinski definition) is 4. The molecule has 6 N–H and O–H groups in total. The van der Waals surface area contributed by atoms with Crippen LogP contribution >= 0.6 is 0 Å². The smallest absolute Gasteiger partial charge is 0.240 e. The van der Waals surface area contributed by atoms with Gasteiger partial charge >= 0.3 is 0 Å². The minimum Gasteiger partial charge on any atom is -0.368 e. The number of nitrogens with zero attached hydrogens (tertiary/aromatic N) is 1. The fraction of sp³-hybridized carbons (Fsp3) is 0.500. The first kappa shape index (κ1) is 13.2. The van der Waals surface area contributed by atoms with Crippen LogP contribution in [0.2, 0.25) is 0 Å². The van der Waals surface area contributed by atoms with E-state index in [4.69, 9.17) is 11.5 Å². The lowest BCUT2D eigenvalue weighted by Gasteiger charge is -2.17. The molecule has 7 nitrogen and oxygen atoms in total. The number of nitrogens with two attached hydrogens (primary N) is 2. The quantitative estimate of drug-likeness (QED) is 0.490. The molecule has 0 aliphatic rings. The lowest BCUT2D eigenvalue weighted by atomic mass is 10.1. The Labute approximate surface area is 99.0 Å². The summed E-state index contributed by atoms with van der Waals surface area (Å²) < 4.78 is 0. The maximum absolute atomic E-state index is 11.5. The number of carbonyl (C=O) groups is 2. The van der Waals surface area contributed by atoms with Crippen LogP contribution in [0.3, 0.4) is 0 Å². The summed E-state index contributed by atoms with van der Waals surface area (Å²) in [6.45, 7) is 1.79. The van der Waals surface area contributed by atoms with E-state index < -0.39 is 18.0 Å². The average molecular weight is 239 g/mol. The number of nitrogens with one attached hydrogen (secondary N) is 2. The van der Waals surface area contributed by atoms with Crippen LogP contribution < -0.4 is 16.8 Å². The van der Waals surface area contributed by atoms with E-state index in [1.807, 2.05) is 0 Å². The average Bonchev–Trinajstić information content (AvgIpc) is 2.79. The van der Waals surface area contributed by atoms with Crippen molar-refractivity contribution in [2.75, 3.05) is 0 Å². The molecule has 0 aliphatic carbocycles. The standard InChI is InChI=1S/C10H17N5O2/c1-2-7(11)10(17)15-8(9(12)16)3-6-4-13-5-14-6/h4-5,7-8H,2-3,11H2,1H3,(H2,12,16)(H,13,14)(H,15,17)/t7-,8-/m0/s1. The van der Waals surface area contributed by atoms with Gasteiger partial charge in [-0.2, -0.15) is 0 Å². The van der Waals surface area contributed by atoms with Crippen molar-refractivity contribution in [3.05, 3.63) is 18.2 Å². The van der Waals surface area contributed by atoms with Gasteiger partial charge in [0.05, 0.1) is 12.4 Å². The van der Waals surface area contributed by atoms with E-state index in [0.717, 1.165) is 5.69 Å². The van der Waals surface area contributed by atoms with Crippen LogP contribution in [0, 0.1) is 0 Å². The number of hydrogen-bond donors (Lipinski definition) is 4. The topological polar surface area (TPSA) is 127 Å². The van der Waals surface area contributed by atoms with Crippen LogP contribution in [0.1, 0.15) is 19.0 Å². The fourth-order valence-electron chi connectivity index (χ4n) is 1.30. The molecule has 0 fully saturated rings. The van der Waals surface area contributed by atoms with E-state index in [1.54, 1.807) is 13.1 Å². The highest BCUT2D eigenvalue weighted by molar-refractivity contribution is 5.88. The number of primary amides is 1. The van der Waals surface area contributed by atoms with Gasteiger partial charge in [-0.15, -0.1) is 0 Å². The van der Waals surface area contributed by atoms with Gasteiger partial charge in [0.15, 0.2) is 0 Å². The molecular formula is C10H17N5O2. The Morgan fingerprint density at radius 3 is 2.76 bits per heavy atom. The van der Waals surface area contributed by atoms with Gasteiger partial charge in [0, 0.05) is 18.3 Å². The predicted octanol–water partition coefficient (Wildman–Crippen LogP) is -1.34. The van der Waals surface area contributed by atoms with Crippen molar-refractivity contribution in [3.63, 3.8) is 0 Å². The first-order valence-electron chi connectivity index (χ1n) is 5.37. The Kier molecular flexibility index (Phi) is 4.65. The Morgan fingerprint density at radius 2 is 2.29 bits per heavy atom. The minimum absolute atomic E-state index is 0.275. The molecule has 1 aromatic rings. The second-order valence-corrected chi connectivity index (χ2v) is 3.76. The Hall–Kier alpha value is -1.89. The summed E-state index contributed by atoms with van der Waals surface area (Å²) in [4.78, 5) is 29.4. The molecule has 2 amide bonds. The fourth-order valence-corrected chi connectivity index (χ4v) is 1.30. The monoisotopic (exact) mass is 239 g/mol. The van der Waals surface area contributed by atoms with Crippen molar-refractivity contribution in [2.24, 2.45) is 11.5 Å². The van der Waals surface area contributed by atoms with Gasteiger partial charge in [-0.3, -0.25) is 9.59 Å². The predicted molar refractivity (Wildman–Crippen MR) is 61.7 cm³/mol. The van der Waals surface area contributed by atoms with Crippen LogP contribution in [-0.4, -0.2) is 33.9 Å². The molecule has 17 heavy (non-hydrogen) atoms. The van der Waals surface area contributed by atoms with Gasteiger partial charge < -0.3 is 21.8 Å². The number of imidazole rings is 1. The maximum atomic E-state index is 11.5. The second-order valence-electron chi connectivity index (χ2n) is 3.76. The largest absolute Gasteiger partial charge is 0.368 e. The molecule has 1 rings (SSSR count). The molecule has 0 saturated heterocycles. The highest BCUT2D eigenvalue weighted by atomic mass is 16.2. The highest BCUT2D eigenvalue weighted by Crippen LogP contribution is 1.99. The van der Waals surface area contributed by atoms with E-state index >= 15 is 0 Å². The van der Waals surface area contributed by atoms with Crippen molar-refractivity contribution in [3.8, 4) is 0 Å². The van der Waals surface area contributed by atoms with Crippen molar-refractivity contribution in [2.45, 2.75) is 31.8 Å². The summed E-state index contributed by atoms with van der Waals surface area (Å²) in [7, 11) is 0. The third-order valence-corrected chi connectivity index (χ3v) is 2.42. The normalized spacial score (nSPS) is 14.0. The molecule has 1 aromatic heterocycles. The van der Waals surface area contributed by atoms with E-state index in [2.05, 4.69) is 15.3 Å². The number of H-pyrrole nitrogens is 1. The summed E-state index contributed by atoms with van der Waals surface area (Å²) in [5.74, 6) is -0.980. The zero-order chi connectivity index (χ0) is 12.8. The van der Waals surface area contributed by atoms with Crippen molar-refractivity contribution >= 4 is 11.8 Å². The van der Waals surface area contributed by atoms with Crippen LogP contribution in [-0.2, 0) is 16.0 Å². The van der Waals surface area contributed by atoms with Crippen molar-refractivity contribution in [1.82, 2.24) is 15.3 Å². The molecular weight excluding hydrogens is 222 g/mol. The van der Waals surface area contributed by atoms with Gasteiger partial charge in [0.25, 0.3) is 0 Å². The van der Waals surface area contributed by atoms with Crippen molar-refractivity contribution < 1.29 is 9.59 Å². The Bertz CT molecular complexity index is 376. The molecule has 0 aliphatic heterocycles. The lowest BCUT2D eigenvalue weighted by molar-refractivity contribution is -0.128. The Morgan fingerprint density at radius 1 is 1.59 bits per heavy atom. The number of aromatic amines is 1. The molecule has 2 atom stereocenters. The van der Waals surface area contributed by atoms with Gasteiger partial charge in [0.1, 0.15) is 6.04 Å². The van der Waals surface area contributed by atoms with Crippen LogP contribution in [0.25, 0.3) is 0 Å². The van der Waals surface area contributed by atoms with Gasteiger partial charge in [0.2, 0.25) is 11.8 Å². The van der Waals surface area contributed by atoms with E-state index in [-0.39, 0.29) is 12.3 Å². The summed E-state index contributed by atoms with van der Waals surface area (Å²) in [5.41, 5.74) is 11.5. The zero-order valence-electron chi connectivity index (χ0n) is 9.64. The van der Waals surface area contributed by atoms with E-state index in [1.165, 1.54) is 6.33 Å². The number of rotatable bonds is 6. The number of amides is 2. The van der Waals surface area contributed by atoms with E-state index in [9.17, 15) is 9.59 Å². The Balaban J connectivity index is 2.61. The molecule has 0 saturated carbocycles. The third-order valence-electron chi connectivity index (χ3n) is 2.42. The third kappa shape index (κ3) is 3.87. The maximum Gasteiger partial charge on any atom is 0.240 e. The zero-order valence-corrected chi connectivity index (χ0v) is 9.64. The summed E-state index contributed by atoms with van der Waals surface area (Å²) in [6, 6.07) is -1.40. The summed E-state index contributed by atoms with van der Waals surface area (Å²) in [5, 5.41) is 2.52. The minimum atomic E-state index is -0.777. The molecule has 0 aromatic carbocycles. The molecule has 0 spiro atoms. The van der Waals surface area contributed by atoms with Crippen LogP contribution in [0.4, 0.5) is 0 Å². The molecule has 0 radical (unpaired) electrons. The first-order valence-corrected chi connectivity index (χ1v) is 5.37. The summed E-state index contributed by atoms with van der Waals surface area (Å²) >= 11 is 0. The summed E-state index contributed by atoms with van der Waals surface area (Å²) in [6.07, 6.45) is 3.84. The van der Waals surface area contributed by atoms with Gasteiger partial charge in [-0.25, -0.2) is 4.98 Å². The van der Waals surface area contributed by atoms with Crippen LogP contribution in [0.15, 0.2) is 12.5 Å². The first-order chi connectivity index (χ1) is 8.04. The SMILES string of the molecule is CC[C@H](N)C(=O)N[C@@H](Cc1cnc[nH]1)C(N)=O. The van der Waals surface area contributed by atoms with E-state index in [0.29, 0.717) is 6.42 Å². The van der Waals surface area contributed by atoms with Crippen molar-refractivity contribution in [1.29, 1.82) is 0 Å². The molecule has 0 unspecified atom stereocenters. The van der Waals surface area contributed by atoms with Gasteiger partial charge in [-0.1, -0.05) is 6.92 Å². The van der Waals surface area contributed by atoms with Crippen LogP contribution in [0.5, 0.6) is 0 Å². The molecule has 1 heterocycles. The molecule has 0 bridgehead atoms. The molecule has 7 heteroatoms. The second kappa shape index (κ2) is 6.00. The number of carbonyl (C=O) groups excluding carboxylic acids is 2. The highest BCUT2D eigenvalue weighted by Gasteiger charge is 2.21. The lowest BCUT2D eigenvalue weighted by Crippen LogP contribution is -2.51. The number of aromatic nitrogens is 2. The molecule has 94 valence electrons.